The maximum atomic E-state index is 14.7. The Labute approximate surface area is 344 Å². The number of nitrogens with zero attached hydrogens (tertiary/aromatic N) is 4. The van der Waals surface area contributed by atoms with Gasteiger partial charge in [-0.05, 0) is 138 Å². The minimum Gasteiger partial charge on any atom is -0.493 e. The van der Waals surface area contributed by atoms with Crippen LogP contribution in [0.25, 0.3) is 0 Å². The number of carbonyl (C=O) groups excluding carboxylic acids is 4. The number of ether oxygens (including phenoxy) is 1. The van der Waals surface area contributed by atoms with Crippen molar-refractivity contribution < 1.29 is 41.5 Å². The van der Waals surface area contributed by atoms with Gasteiger partial charge < -0.3 is 26.0 Å². The summed E-state index contributed by atoms with van der Waals surface area (Å²) in [7, 11) is 0. The Hall–Kier alpha value is -5.36. The van der Waals surface area contributed by atoms with Crippen molar-refractivity contribution >= 4 is 69.5 Å². The molecule has 7 rings (SSSR count). The zero-order valence-corrected chi connectivity index (χ0v) is 33.5. The molecule has 4 heterocycles. The molecule has 2 aromatic carbocycles. The summed E-state index contributed by atoms with van der Waals surface area (Å²) in [5.74, 6) is -1.78. The molecule has 5 N–H and O–H groups in total. The summed E-state index contributed by atoms with van der Waals surface area (Å²) in [5.41, 5.74) is 5.27. The van der Waals surface area contributed by atoms with E-state index in [-0.39, 0.29) is 34.7 Å². The van der Waals surface area contributed by atoms with Gasteiger partial charge >= 0.3 is 6.18 Å². The number of halogens is 4. The van der Waals surface area contributed by atoms with Crippen molar-refractivity contribution in [1.29, 1.82) is 0 Å². The number of imide groups is 1. The lowest BCUT2D eigenvalue weighted by Crippen LogP contribution is -2.55. The number of thiocarbonyl (C=S) groups is 1. The third kappa shape index (κ3) is 8.42. The van der Waals surface area contributed by atoms with Crippen molar-refractivity contribution in [2.75, 3.05) is 45.9 Å². The number of alkyl halides is 3. The number of amides is 4. The van der Waals surface area contributed by atoms with Crippen molar-refractivity contribution in [3.63, 3.8) is 0 Å². The smallest absolute Gasteiger partial charge is 0.420 e. The number of nitrogens with two attached hydrogens (primary N) is 1. The molecule has 0 radical (unpaired) electrons. The number of anilines is 5. The molecule has 1 saturated carbocycles. The van der Waals surface area contributed by atoms with Crippen LogP contribution in [0.1, 0.15) is 76.3 Å². The number of aryl methyl sites for hydroxylation is 1. The highest BCUT2D eigenvalue weighted by Crippen LogP contribution is 2.49. The molecule has 2 atom stereocenters. The third-order valence-electron chi connectivity index (χ3n) is 11.9. The van der Waals surface area contributed by atoms with Crippen molar-refractivity contribution in [3.05, 3.63) is 65.6 Å². The number of nitrogens with one attached hydrogen (secondary N) is 3. The van der Waals surface area contributed by atoms with E-state index in [0.717, 1.165) is 48.4 Å². The zero-order valence-electron chi connectivity index (χ0n) is 32.7. The molecule has 3 aliphatic heterocycles. The van der Waals surface area contributed by atoms with E-state index in [1.54, 1.807) is 11.8 Å². The van der Waals surface area contributed by atoms with Gasteiger partial charge in [-0.2, -0.15) is 13.2 Å². The van der Waals surface area contributed by atoms with Gasteiger partial charge in [-0.3, -0.25) is 34.3 Å². The summed E-state index contributed by atoms with van der Waals surface area (Å²) in [6.45, 7) is 5.57. The van der Waals surface area contributed by atoms with Crippen molar-refractivity contribution in [2.45, 2.75) is 95.4 Å². The summed E-state index contributed by atoms with van der Waals surface area (Å²) in [6.07, 6.45) is 1.73. The van der Waals surface area contributed by atoms with Gasteiger partial charge in [0, 0.05) is 17.8 Å². The largest absolute Gasteiger partial charge is 0.493 e. The molecule has 4 fully saturated rings. The number of piperidine rings is 2. The van der Waals surface area contributed by atoms with Crippen LogP contribution in [0.4, 0.5) is 46.1 Å². The fraction of sp³-hybridized carbons (Fsp3) is 0.463. The zero-order chi connectivity index (χ0) is 42.2. The number of likely N-dealkylation sites (tertiary alicyclic amines) is 1. The Morgan fingerprint density at radius 1 is 1.08 bits per heavy atom. The van der Waals surface area contributed by atoms with Crippen LogP contribution in [0, 0.1) is 11.7 Å². The van der Waals surface area contributed by atoms with E-state index in [2.05, 4.69) is 25.8 Å². The van der Waals surface area contributed by atoms with Crippen LogP contribution in [0.5, 0.6) is 5.75 Å². The first-order valence-electron chi connectivity index (χ1n) is 19.8. The van der Waals surface area contributed by atoms with Crippen LogP contribution in [0.2, 0.25) is 0 Å². The summed E-state index contributed by atoms with van der Waals surface area (Å²) in [5, 5.41) is 8.05. The van der Waals surface area contributed by atoms with Crippen LogP contribution in [-0.2, 0) is 31.8 Å². The van der Waals surface area contributed by atoms with E-state index < -0.39 is 52.8 Å². The molecule has 3 saturated heterocycles. The molecule has 1 aliphatic carbocycles. The number of rotatable bonds is 12. The van der Waals surface area contributed by atoms with Gasteiger partial charge in [-0.25, -0.2) is 9.37 Å². The number of pyridine rings is 1. The summed E-state index contributed by atoms with van der Waals surface area (Å²) in [4.78, 5) is 59.4. The molecule has 1 spiro atoms. The quantitative estimate of drug-likeness (QED) is 0.0938. The normalized spacial score (nSPS) is 20.4. The highest BCUT2D eigenvalue weighted by atomic mass is 32.1. The van der Waals surface area contributed by atoms with Crippen molar-refractivity contribution in [2.24, 2.45) is 5.92 Å². The van der Waals surface area contributed by atoms with Gasteiger partial charge in [0.25, 0.3) is 5.91 Å². The Kier molecular flexibility index (Phi) is 11.8. The van der Waals surface area contributed by atoms with Gasteiger partial charge in [0.1, 0.15) is 29.0 Å². The predicted octanol–water partition coefficient (Wildman–Crippen LogP) is 6.17. The van der Waals surface area contributed by atoms with E-state index in [1.165, 1.54) is 18.2 Å². The Morgan fingerprint density at radius 2 is 1.83 bits per heavy atom. The van der Waals surface area contributed by atoms with E-state index in [4.69, 9.17) is 22.7 Å². The molecular weight excluding hydrogens is 793 g/mol. The van der Waals surface area contributed by atoms with Gasteiger partial charge in [0.05, 0.1) is 35.8 Å². The average molecular weight is 839 g/mol. The Morgan fingerprint density at radius 3 is 2.49 bits per heavy atom. The number of carbonyl (C=O) groups is 4. The molecule has 1 unspecified atom stereocenters. The van der Waals surface area contributed by atoms with Gasteiger partial charge in [-0.1, -0.05) is 6.92 Å². The number of aromatic nitrogens is 1. The molecule has 4 aliphatic rings. The summed E-state index contributed by atoms with van der Waals surface area (Å²) < 4.78 is 62.1. The number of nitrogen functional groups attached to an aromatic ring is 1. The van der Waals surface area contributed by atoms with Gasteiger partial charge in [0.2, 0.25) is 17.7 Å². The maximum absolute atomic E-state index is 14.7. The summed E-state index contributed by atoms with van der Waals surface area (Å²) in [6, 6.07) is 9.36. The minimum absolute atomic E-state index is 0.00882. The monoisotopic (exact) mass is 838 g/mol. The highest BCUT2D eigenvalue weighted by molar-refractivity contribution is 7.81. The molecule has 13 nitrogen and oxygen atoms in total. The Balaban J connectivity index is 0.924. The molecule has 314 valence electrons. The van der Waals surface area contributed by atoms with Crippen LogP contribution in [0.15, 0.2) is 48.7 Å². The second kappa shape index (κ2) is 16.7. The first-order valence-corrected chi connectivity index (χ1v) is 20.2. The fourth-order valence-corrected chi connectivity index (χ4v) is 8.72. The maximum Gasteiger partial charge on any atom is 0.420 e. The van der Waals surface area contributed by atoms with Crippen molar-refractivity contribution in [3.8, 4) is 5.75 Å². The van der Waals surface area contributed by atoms with E-state index in [1.807, 2.05) is 25.1 Å². The number of benzene rings is 2. The molecule has 0 bridgehead atoms. The molecule has 18 heteroatoms. The highest BCUT2D eigenvalue weighted by Gasteiger charge is 2.60. The summed E-state index contributed by atoms with van der Waals surface area (Å²) >= 11 is 5.78. The lowest BCUT2D eigenvalue weighted by molar-refractivity contribution is -0.137. The molecule has 59 heavy (non-hydrogen) atoms. The molecule has 3 aromatic rings. The first kappa shape index (κ1) is 41.8. The topological polar surface area (TPSA) is 162 Å². The van der Waals surface area contributed by atoms with Gasteiger partial charge in [0.15, 0.2) is 5.11 Å². The molecule has 4 amide bonds. The number of hydrogen-bond donors (Lipinski definition) is 4. The Bertz CT molecular complexity index is 2160. The first-order chi connectivity index (χ1) is 28.1. The van der Waals surface area contributed by atoms with E-state index in [0.29, 0.717) is 68.4 Å². The number of hydrogen-bond acceptors (Lipinski definition) is 10. The third-order valence-corrected chi connectivity index (χ3v) is 12.3. The van der Waals surface area contributed by atoms with Gasteiger partial charge in [-0.15, -0.1) is 0 Å². The van der Waals surface area contributed by atoms with Crippen LogP contribution < -0.4 is 36.2 Å². The second-order valence-corrected chi connectivity index (χ2v) is 15.9. The average Bonchev–Trinajstić information content (AvgIpc) is 3.43. The minimum atomic E-state index is -4.76. The molecule has 1 aromatic heterocycles. The van der Waals surface area contributed by atoms with E-state index >= 15 is 0 Å². The predicted molar refractivity (Wildman–Crippen MR) is 217 cm³/mol. The standard InChI is InChI=1S/C41H46F4N8O5S/c1-3-25-19-27(53-39(59)52(38(57)40(53)14-4-15-40)28-21-29(41(43,44)45)35(46)47-22-28)6-9-33(25)58-18-13-24-11-16-51(17-12-24)23(2)36(55)49-32-20-26(5-7-30(32)42)48-31-8-10-34(54)50-37(31)56/h5-7,9,19-24,31,48H,3-4,8,10-18H2,1-2H3,(H2,46,47)(H,49,55)(H,50,54,56)/t23-,31?/m0/s1. The second-order valence-electron chi connectivity index (χ2n) is 15.5. The van der Waals surface area contributed by atoms with Crippen molar-refractivity contribution in [1.82, 2.24) is 15.2 Å². The van der Waals surface area contributed by atoms with Crippen LogP contribution in [0.3, 0.4) is 0 Å². The van der Waals surface area contributed by atoms with E-state index in [9.17, 15) is 36.7 Å². The lowest BCUT2D eigenvalue weighted by atomic mass is 9.75. The SMILES string of the molecule is CCc1cc(N2C(=S)N(c3cnc(N)c(C(F)(F)F)c3)C(=O)C23CCC3)ccc1OCCC1CCN([C@@H](C)C(=O)Nc2cc(NC3CCC(=O)NC3=O)ccc2F)CC1. The van der Waals surface area contributed by atoms with Crippen LogP contribution in [-0.4, -0.2) is 75.9 Å². The fourth-order valence-electron chi connectivity index (χ4n) is 8.25. The van der Waals surface area contributed by atoms with Crippen LogP contribution >= 0.6 is 12.2 Å². The lowest BCUT2D eigenvalue weighted by Gasteiger charge is -2.43. The molecular formula is C41H46F4N8O5S.